The molecule has 0 saturated heterocycles. The molecule has 67 heavy (non-hydrogen) atoms. The molecule has 370 valence electrons. The van der Waals surface area contributed by atoms with Crippen LogP contribution in [0, 0.1) is 16.7 Å². The van der Waals surface area contributed by atoms with Crippen LogP contribution in [0.25, 0.3) is 0 Å². The van der Waals surface area contributed by atoms with E-state index >= 15 is 0 Å². The van der Waals surface area contributed by atoms with Crippen molar-refractivity contribution >= 4 is 55.0 Å². The van der Waals surface area contributed by atoms with E-state index in [1.165, 1.54) is 11.8 Å². The number of ether oxygens (including phenoxy) is 3. The Kier molecular flexibility index (Phi) is 19.2. The van der Waals surface area contributed by atoms with Crippen LogP contribution in [0.5, 0.6) is 11.5 Å². The number of phenolic OH excluding ortho intramolecular Hbond substituents is 1. The van der Waals surface area contributed by atoms with Crippen LogP contribution in [-0.4, -0.2) is 50.6 Å². The average Bonchev–Trinajstić information content (AvgIpc) is 3.19. The summed E-state index contributed by atoms with van der Waals surface area (Å²) in [6.07, 6.45) is 0.801. The molecule has 4 aromatic carbocycles. The zero-order valence-electron chi connectivity index (χ0n) is 43.4. The Balaban J connectivity index is 0.00000285. The van der Waals surface area contributed by atoms with Crippen molar-refractivity contribution in [3.63, 3.8) is 0 Å². The van der Waals surface area contributed by atoms with Gasteiger partial charge in [0.05, 0.1) is 32.6 Å². The second kappa shape index (κ2) is 22.4. The Bertz CT molecular complexity index is 2420. The summed E-state index contributed by atoms with van der Waals surface area (Å²) in [6, 6.07) is 26.1. The number of aromatic hydroxyl groups is 1. The summed E-state index contributed by atoms with van der Waals surface area (Å²) in [6.45, 7) is 36.6. The van der Waals surface area contributed by atoms with E-state index in [0.29, 0.717) is 50.9 Å². The summed E-state index contributed by atoms with van der Waals surface area (Å²) in [5, 5.41) is 10.7. The van der Waals surface area contributed by atoms with Crippen molar-refractivity contribution in [2.45, 2.75) is 184 Å². The number of phenols is 1. The summed E-state index contributed by atoms with van der Waals surface area (Å²) in [4.78, 5) is 15.7. The number of carbonyl (C=O) groups is 1. The zero-order chi connectivity index (χ0) is 51.1. The highest BCUT2D eigenvalue weighted by atomic mass is 32.2. The van der Waals surface area contributed by atoms with Crippen LogP contribution in [0.2, 0.25) is 0 Å². The summed E-state index contributed by atoms with van der Waals surface area (Å²) in [5.74, 6) is 1.38. The molecule has 1 N–H and O–H groups in total. The Morgan fingerprint density at radius 3 is 1.75 bits per heavy atom. The van der Waals surface area contributed by atoms with Gasteiger partial charge in [0.2, 0.25) is 14.2 Å². The number of thiocarbonyl (C=S) groups is 1. The molecule has 0 spiro atoms. The second-order valence-electron chi connectivity index (χ2n) is 21.9. The third kappa shape index (κ3) is 15.1. The number of benzene rings is 4. The highest BCUT2D eigenvalue weighted by molar-refractivity contribution is 8.23. The molecule has 0 aliphatic carbocycles. The van der Waals surface area contributed by atoms with Gasteiger partial charge in [-0.25, -0.2) is 12.6 Å². The number of sulfone groups is 1. The van der Waals surface area contributed by atoms with E-state index in [2.05, 4.69) is 62.3 Å². The molecule has 0 radical (unpaired) electrons. The summed E-state index contributed by atoms with van der Waals surface area (Å²) < 4.78 is 59.1. The van der Waals surface area contributed by atoms with E-state index in [4.69, 9.17) is 26.4 Å². The van der Waals surface area contributed by atoms with E-state index in [9.17, 15) is 22.5 Å². The number of hydrogen-bond acceptors (Lipinski definition) is 10. The Hall–Kier alpha value is -3.71. The normalized spacial score (nSPS) is 14.1. The molecule has 0 aliphatic rings. The quantitative estimate of drug-likeness (QED) is 0.0810. The lowest BCUT2D eigenvalue weighted by Crippen LogP contribution is -2.51. The van der Waals surface area contributed by atoms with Gasteiger partial charge in [-0.2, -0.15) is 0 Å². The Morgan fingerprint density at radius 2 is 1.27 bits per heavy atom. The first-order chi connectivity index (χ1) is 30.6. The minimum Gasteiger partial charge on any atom is -0.508 e. The van der Waals surface area contributed by atoms with Gasteiger partial charge < -0.3 is 19.3 Å². The van der Waals surface area contributed by atoms with Crippen molar-refractivity contribution in [2.75, 3.05) is 6.61 Å². The number of hydrogen-bond donors (Lipinski definition) is 1. The predicted octanol–water partition coefficient (Wildman–Crippen LogP) is 14.5. The SMILES string of the molecule is CC(C)C.CCOC(=S)SC(C)(C)C(C)(CC(C)(C)Cc1cc(O)ccc1S(=O)c1ccc(C(C)(C)C(C)(C)Oc2ccc(S(=O)(=O)c3ccc(C(C)C)cc3)cc2)cc1)C(=O)OC(C)(C)C. The predicted molar refractivity (Wildman–Crippen MR) is 282 cm³/mol. The van der Waals surface area contributed by atoms with E-state index in [-0.39, 0.29) is 21.5 Å². The maximum Gasteiger partial charge on any atom is 0.313 e. The topological polar surface area (TPSA) is 116 Å². The van der Waals surface area contributed by atoms with Crippen LogP contribution in [0.1, 0.15) is 154 Å². The molecule has 2 atom stereocenters. The summed E-state index contributed by atoms with van der Waals surface area (Å²) in [5.41, 5.74) is -0.864. The molecular weight excluding hydrogens is 917 g/mol. The monoisotopic (exact) mass is 994 g/mol. The largest absolute Gasteiger partial charge is 0.508 e. The van der Waals surface area contributed by atoms with Crippen LogP contribution in [-0.2, 0) is 46.7 Å². The van der Waals surface area contributed by atoms with Gasteiger partial charge >= 0.3 is 5.97 Å². The molecule has 12 heteroatoms. The highest BCUT2D eigenvalue weighted by Crippen LogP contribution is 2.52. The smallest absolute Gasteiger partial charge is 0.313 e. The van der Waals surface area contributed by atoms with Gasteiger partial charge in [0, 0.05) is 20.0 Å². The Labute approximate surface area is 416 Å². The first kappa shape index (κ1) is 57.6. The number of esters is 1. The summed E-state index contributed by atoms with van der Waals surface area (Å²) in [7, 11) is -5.31. The van der Waals surface area contributed by atoms with Gasteiger partial charge in [-0.05, 0) is 188 Å². The van der Waals surface area contributed by atoms with Gasteiger partial charge in [0.25, 0.3) is 0 Å². The van der Waals surface area contributed by atoms with Crippen LogP contribution >= 0.6 is 24.0 Å². The molecule has 0 saturated carbocycles. The zero-order valence-corrected chi connectivity index (χ0v) is 46.6. The lowest BCUT2D eigenvalue weighted by molar-refractivity contribution is -0.170. The molecule has 0 bridgehead atoms. The van der Waals surface area contributed by atoms with E-state index in [0.717, 1.165) is 17.0 Å². The van der Waals surface area contributed by atoms with E-state index in [1.807, 2.05) is 98.7 Å². The van der Waals surface area contributed by atoms with Gasteiger partial charge in [-0.15, -0.1) is 0 Å². The first-order valence-electron chi connectivity index (χ1n) is 23.2. The molecule has 8 nitrogen and oxygen atoms in total. The molecule has 2 unspecified atom stereocenters. The fourth-order valence-electron chi connectivity index (χ4n) is 7.56. The third-order valence-electron chi connectivity index (χ3n) is 12.2. The van der Waals surface area contributed by atoms with Crippen LogP contribution in [0.15, 0.2) is 111 Å². The minimum atomic E-state index is -3.70. The van der Waals surface area contributed by atoms with Crippen LogP contribution < -0.4 is 4.74 Å². The van der Waals surface area contributed by atoms with Crippen LogP contribution in [0.4, 0.5) is 0 Å². The van der Waals surface area contributed by atoms with Crippen molar-refractivity contribution in [1.82, 2.24) is 0 Å². The standard InChI is InChI=1S/C51H68O8S4.C4H10/c1-16-57-45(60)61-50(13,14)51(15,44(53)59-46(4,5)6)33-47(7,8)32-36-31-38(52)21-30-43(36)62(54)40-24-19-37(20-25-40)48(9,10)49(11,12)58-39-22-28-42(29-23-39)63(55,56)41-26-17-35(18-27-41)34(2)3;1-4(2)3/h17-31,34,52H,16,32-33H2,1-15H3;4H,1-3H3. The molecule has 0 aromatic heterocycles. The van der Waals surface area contributed by atoms with Crippen molar-refractivity contribution in [3.8, 4) is 11.5 Å². The number of thioether (sulfide) groups is 1. The molecular formula is C55H78O8S4. The van der Waals surface area contributed by atoms with E-state index < -0.39 is 52.8 Å². The fraction of sp³-hybridized carbons (Fsp3) is 0.527. The lowest BCUT2D eigenvalue weighted by Gasteiger charge is -2.46. The van der Waals surface area contributed by atoms with E-state index in [1.54, 1.807) is 54.6 Å². The van der Waals surface area contributed by atoms with Crippen molar-refractivity contribution in [1.29, 1.82) is 0 Å². The third-order valence-corrected chi connectivity index (χ3v) is 17.1. The number of carbonyl (C=O) groups excluding carboxylic acids is 1. The lowest BCUT2D eigenvalue weighted by atomic mass is 9.66. The van der Waals surface area contributed by atoms with Crippen molar-refractivity contribution in [2.24, 2.45) is 16.7 Å². The maximum absolute atomic E-state index is 14.4. The highest BCUT2D eigenvalue weighted by Gasteiger charge is 2.53. The molecule has 0 aliphatic heterocycles. The molecule has 0 fully saturated rings. The maximum atomic E-state index is 14.4. The van der Waals surface area contributed by atoms with Crippen molar-refractivity contribution in [3.05, 3.63) is 108 Å². The Morgan fingerprint density at radius 1 is 0.761 bits per heavy atom. The molecule has 4 rings (SSSR count). The molecule has 4 aromatic rings. The van der Waals surface area contributed by atoms with Crippen molar-refractivity contribution < 1.29 is 36.7 Å². The van der Waals surface area contributed by atoms with Gasteiger partial charge in [0.15, 0.2) is 0 Å². The van der Waals surface area contributed by atoms with Gasteiger partial charge in [-0.3, -0.25) is 4.79 Å². The second-order valence-corrected chi connectivity index (χ2v) is 27.5. The fourth-order valence-corrected chi connectivity index (χ4v) is 11.7. The molecule has 0 heterocycles. The van der Waals surface area contributed by atoms with Crippen LogP contribution in [0.3, 0.4) is 0 Å². The molecule has 0 amide bonds. The van der Waals surface area contributed by atoms with Gasteiger partial charge in [-0.1, -0.05) is 98.3 Å². The number of rotatable bonds is 17. The first-order valence-corrected chi connectivity index (χ1v) is 27.0. The summed E-state index contributed by atoms with van der Waals surface area (Å²) >= 11 is 6.87. The average molecular weight is 995 g/mol. The van der Waals surface area contributed by atoms with Gasteiger partial charge in [0.1, 0.15) is 22.7 Å². The minimum absolute atomic E-state index is 0.0568.